The normalized spacial score (nSPS) is 11.1. The largest absolute Gasteiger partial charge is 0.416 e. The maximum atomic E-state index is 12.5. The fourth-order valence-corrected chi connectivity index (χ4v) is 3.09. The van der Waals surface area contributed by atoms with Crippen molar-refractivity contribution in [1.82, 2.24) is 10.6 Å². The lowest BCUT2D eigenvalue weighted by Gasteiger charge is -2.09. The molecular formula is C20H21F3N2O2S. The van der Waals surface area contributed by atoms with E-state index in [1.54, 1.807) is 11.8 Å². The van der Waals surface area contributed by atoms with Gasteiger partial charge in [-0.05, 0) is 36.8 Å². The van der Waals surface area contributed by atoms with Crippen LogP contribution in [-0.4, -0.2) is 30.7 Å². The molecule has 2 N–H and O–H groups in total. The summed E-state index contributed by atoms with van der Waals surface area (Å²) in [5, 5.41) is 5.08. The molecule has 0 unspecified atom stereocenters. The molecule has 0 aliphatic carbocycles. The van der Waals surface area contributed by atoms with Crippen molar-refractivity contribution >= 4 is 23.6 Å². The van der Waals surface area contributed by atoms with Crippen molar-refractivity contribution < 1.29 is 22.8 Å². The lowest BCUT2D eigenvalue weighted by molar-refractivity contribution is -0.137. The van der Waals surface area contributed by atoms with Crippen LogP contribution in [0.25, 0.3) is 0 Å². The molecule has 0 spiro atoms. The monoisotopic (exact) mass is 410 g/mol. The molecule has 0 fully saturated rings. The van der Waals surface area contributed by atoms with Crippen LogP contribution in [-0.2, 0) is 16.7 Å². The van der Waals surface area contributed by atoms with Crippen molar-refractivity contribution in [1.29, 1.82) is 0 Å². The number of aryl methyl sites for hydroxylation is 1. The zero-order valence-corrected chi connectivity index (χ0v) is 16.1. The second-order valence-corrected chi connectivity index (χ2v) is 7.25. The molecule has 0 aliphatic rings. The van der Waals surface area contributed by atoms with E-state index in [0.29, 0.717) is 6.54 Å². The first-order chi connectivity index (χ1) is 13.3. The SMILES string of the molecule is Cc1ccc(CSCCNC(=O)CNC(=O)c2ccc(C(F)(F)F)cc2)cc1. The summed E-state index contributed by atoms with van der Waals surface area (Å²) in [7, 11) is 0. The van der Waals surface area contributed by atoms with Gasteiger partial charge < -0.3 is 10.6 Å². The summed E-state index contributed by atoms with van der Waals surface area (Å²) in [6.45, 7) is 2.26. The summed E-state index contributed by atoms with van der Waals surface area (Å²) >= 11 is 1.68. The van der Waals surface area contributed by atoms with E-state index in [1.165, 1.54) is 11.1 Å². The van der Waals surface area contributed by atoms with Crippen molar-refractivity contribution in [3.8, 4) is 0 Å². The number of benzene rings is 2. The van der Waals surface area contributed by atoms with Gasteiger partial charge in [0, 0.05) is 23.6 Å². The van der Waals surface area contributed by atoms with Crippen molar-refractivity contribution in [3.05, 3.63) is 70.8 Å². The predicted molar refractivity (Wildman–Crippen MR) is 104 cm³/mol. The highest BCUT2D eigenvalue weighted by molar-refractivity contribution is 7.98. The number of hydrogen-bond donors (Lipinski definition) is 2. The molecule has 8 heteroatoms. The summed E-state index contributed by atoms with van der Waals surface area (Å²) < 4.78 is 37.5. The van der Waals surface area contributed by atoms with Crippen LogP contribution in [0.5, 0.6) is 0 Å². The van der Waals surface area contributed by atoms with Gasteiger partial charge in [-0.25, -0.2) is 0 Å². The minimum atomic E-state index is -4.45. The van der Waals surface area contributed by atoms with Gasteiger partial charge in [-0.3, -0.25) is 9.59 Å². The molecule has 0 aromatic heterocycles. The molecule has 2 amide bonds. The first-order valence-electron chi connectivity index (χ1n) is 8.61. The van der Waals surface area contributed by atoms with Gasteiger partial charge in [0.2, 0.25) is 5.91 Å². The van der Waals surface area contributed by atoms with Crippen LogP contribution < -0.4 is 10.6 Å². The predicted octanol–water partition coefficient (Wildman–Crippen LogP) is 3.79. The Hall–Kier alpha value is -2.48. The molecule has 4 nitrogen and oxygen atoms in total. The number of alkyl halides is 3. The van der Waals surface area contributed by atoms with E-state index in [0.717, 1.165) is 35.8 Å². The molecule has 0 heterocycles. The second-order valence-electron chi connectivity index (χ2n) is 6.15. The minimum Gasteiger partial charge on any atom is -0.354 e. The van der Waals surface area contributed by atoms with Gasteiger partial charge in [0.05, 0.1) is 12.1 Å². The van der Waals surface area contributed by atoms with Crippen LogP contribution in [0.1, 0.15) is 27.0 Å². The standard InChI is InChI=1S/C20H21F3N2O2S/c1-14-2-4-15(5-3-14)13-28-11-10-24-18(26)12-25-19(27)16-6-8-17(9-7-16)20(21,22)23/h2-9H,10-13H2,1H3,(H,24,26)(H,25,27). The molecule has 0 saturated heterocycles. The number of hydrogen-bond acceptors (Lipinski definition) is 3. The van der Waals surface area contributed by atoms with Crippen LogP contribution in [0.15, 0.2) is 48.5 Å². The minimum absolute atomic E-state index is 0.0643. The highest BCUT2D eigenvalue weighted by Crippen LogP contribution is 2.29. The molecule has 2 rings (SSSR count). The third-order valence-corrected chi connectivity index (χ3v) is 4.87. The zero-order valence-electron chi connectivity index (χ0n) is 15.3. The highest BCUT2D eigenvalue weighted by Gasteiger charge is 2.30. The number of rotatable bonds is 8. The molecule has 0 radical (unpaired) electrons. The van der Waals surface area contributed by atoms with Crippen LogP contribution in [0.4, 0.5) is 13.2 Å². The van der Waals surface area contributed by atoms with Gasteiger partial charge in [0.15, 0.2) is 0 Å². The van der Waals surface area contributed by atoms with Crippen molar-refractivity contribution in [2.75, 3.05) is 18.8 Å². The Morgan fingerprint density at radius 1 is 0.964 bits per heavy atom. The molecule has 150 valence electrons. The van der Waals surface area contributed by atoms with Gasteiger partial charge in [-0.2, -0.15) is 24.9 Å². The number of halogens is 3. The van der Waals surface area contributed by atoms with Gasteiger partial charge in [-0.1, -0.05) is 29.8 Å². The molecule has 2 aromatic carbocycles. The zero-order chi connectivity index (χ0) is 20.6. The molecular weight excluding hydrogens is 389 g/mol. The Morgan fingerprint density at radius 2 is 1.61 bits per heavy atom. The van der Waals surface area contributed by atoms with Gasteiger partial charge >= 0.3 is 6.18 Å². The van der Waals surface area contributed by atoms with Crippen LogP contribution in [0, 0.1) is 6.92 Å². The molecule has 0 atom stereocenters. The van der Waals surface area contributed by atoms with E-state index in [2.05, 4.69) is 34.9 Å². The Labute approximate surface area is 165 Å². The van der Waals surface area contributed by atoms with E-state index in [-0.39, 0.29) is 18.0 Å². The third-order valence-electron chi connectivity index (χ3n) is 3.84. The second kappa shape index (κ2) is 10.2. The smallest absolute Gasteiger partial charge is 0.354 e. The molecule has 0 aliphatic heterocycles. The summed E-state index contributed by atoms with van der Waals surface area (Å²) in [5.41, 5.74) is 1.66. The molecule has 2 aromatic rings. The molecule has 0 bridgehead atoms. The summed E-state index contributed by atoms with van der Waals surface area (Å²) in [6.07, 6.45) is -4.45. The Bertz CT molecular complexity index is 791. The number of amides is 2. The average Bonchev–Trinajstić information content (AvgIpc) is 2.66. The fourth-order valence-electron chi connectivity index (χ4n) is 2.27. The topological polar surface area (TPSA) is 58.2 Å². The van der Waals surface area contributed by atoms with Crippen LogP contribution >= 0.6 is 11.8 Å². The Kier molecular flexibility index (Phi) is 7.92. The van der Waals surface area contributed by atoms with Crippen LogP contribution in [0.2, 0.25) is 0 Å². The Balaban J connectivity index is 1.63. The van der Waals surface area contributed by atoms with Crippen molar-refractivity contribution in [3.63, 3.8) is 0 Å². The Morgan fingerprint density at radius 3 is 2.21 bits per heavy atom. The number of thioether (sulfide) groups is 1. The van der Waals surface area contributed by atoms with Crippen molar-refractivity contribution in [2.45, 2.75) is 18.9 Å². The molecule has 0 saturated carbocycles. The fraction of sp³-hybridized carbons (Fsp3) is 0.300. The van der Waals surface area contributed by atoms with Crippen LogP contribution in [0.3, 0.4) is 0 Å². The van der Waals surface area contributed by atoms with E-state index in [4.69, 9.17) is 0 Å². The van der Waals surface area contributed by atoms with E-state index < -0.39 is 17.6 Å². The van der Waals surface area contributed by atoms with E-state index >= 15 is 0 Å². The number of carbonyl (C=O) groups is 2. The summed E-state index contributed by atoms with van der Waals surface area (Å²) in [4.78, 5) is 23.6. The van der Waals surface area contributed by atoms with Gasteiger partial charge in [0.1, 0.15) is 0 Å². The quantitative estimate of drug-likeness (QED) is 0.651. The first kappa shape index (κ1) is 21.8. The van der Waals surface area contributed by atoms with Gasteiger partial charge in [-0.15, -0.1) is 0 Å². The highest BCUT2D eigenvalue weighted by atomic mass is 32.2. The summed E-state index contributed by atoms with van der Waals surface area (Å²) in [5.74, 6) is 0.626. The maximum absolute atomic E-state index is 12.5. The van der Waals surface area contributed by atoms with Gasteiger partial charge in [0.25, 0.3) is 5.91 Å². The number of nitrogens with one attached hydrogen (secondary N) is 2. The average molecular weight is 410 g/mol. The first-order valence-corrected chi connectivity index (χ1v) is 9.76. The number of carbonyl (C=O) groups excluding carboxylic acids is 2. The van der Waals surface area contributed by atoms with E-state index in [1.807, 2.05) is 6.92 Å². The van der Waals surface area contributed by atoms with Crippen molar-refractivity contribution in [2.24, 2.45) is 0 Å². The third kappa shape index (κ3) is 7.26. The lowest BCUT2D eigenvalue weighted by Crippen LogP contribution is -2.37. The van der Waals surface area contributed by atoms with E-state index in [9.17, 15) is 22.8 Å². The lowest BCUT2D eigenvalue weighted by atomic mass is 10.1. The maximum Gasteiger partial charge on any atom is 0.416 e. The summed E-state index contributed by atoms with van der Waals surface area (Å²) in [6, 6.07) is 12.1. The molecule has 28 heavy (non-hydrogen) atoms.